The Morgan fingerprint density at radius 3 is 1.86 bits per heavy atom. The van der Waals surface area contributed by atoms with Crippen LogP contribution in [0.25, 0.3) is 0 Å². The summed E-state index contributed by atoms with van der Waals surface area (Å²) < 4.78 is 4.66. The van der Waals surface area contributed by atoms with Gasteiger partial charge in [-0.2, -0.15) is 0 Å². The molecule has 0 bridgehead atoms. The summed E-state index contributed by atoms with van der Waals surface area (Å²) in [6, 6.07) is 0. The molecule has 1 heterocycles. The maximum Gasteiger partial charge on any atom is 0.184 e. The predicted octanol–water partition coefficient (Wildman–Crippen LogP) is -3.86. The molecule has 1 saturated heterocycles. The van der Waals surface area contributed by atoms with Gasteiger partial charge in [0.15, 0.2) is 6.29 Å². The zero-order valence-electron chi connectivity index (χ0n) is 7.32. The van der Waals surface area contributed by atoms with E-state index in [1.54, 1.807) is 0 Å². The molecule has 6 N–H and O–H groups in total. The van der Waals surface area contributed by atoms with E-state index in [2.05, 4.69) is 4.74 Å². The second-order valence-corrected chi connectivity index (χ2v) is 3.32. The standard InChI is InChI=1S/C7H14O7/c8-1-7(2-9)5(12)3(10)4(11)6(13)14-7/h3-6,8-13H,1-2H2/t3-,4-,5+,6+/m1/s1. The zero-order chi connectivity index (χ0) is 10.9. The van der Waals surface area contributed by atoms with E-state index in [0.29, 0.717) is 0 Å². The molecule has 84 valence electrons. The van der Waals surface area contributed by atoms with Gasteiger partial charge in [0.05, 0.1) is 13.2 Å². The van der Waals surface area contributed by atoms with Crippen LogP contribution < -0.4 is 0 Å². The van der Waals surface area contributed by atoms with Gasteiger partial charge in [0.2, 0.25) is 0 Å². The van der Waals surface area contributed by atoms with Crippen LogP contribution in [0.1, 0.15) is 0 Å². The quantitative estimate of drug-likeness (QED) is 0.275. The van der Waals surface area contributed by atoms with E-state index in [9.17, 15) is 10.2 Å². The first kappa shape index (κ1) is 11.8. The fourth-order valence-electron chi connectivity index (χ4n) is 1.36. The van der Waals surface area contributed by atoms with E-state index < -0.39 is 43.4 Å². The third kappa shape index (κ3) is 1.63. The molecule has 7 heteroatoms. The summed E-state index contributed by atoms with van der Waals surface area (Å²) in [4.78, 5) is 0. The number of hydrogen-bond acceptors (Lipinski definition) is 7. The second-order valence-electron chi connectivity index (χ2n) is 3.32. The van der Waals surface area contributed by atoms with Gasteiger partial charge in [-0.3, -0.25) is 0 Å². The van der Waals surface area contributed by atoms with Gasteiger partial charge in [0.25, 0.3) is 0 Å². The lowest BCUT2D eigenvalue weighted by molar-refractivity contribution is -0.333. The van der Waals surface area contributed by atoms with Crippen LogP contribution in [-0.4, -0.2) is 74.1 Å². The normalized spacial score (nSPS) is 42.4. The van der Waals surface area contributed by atoms with Crippen LogP contribution in [0, 0.1) is 0 Å². The summed E-state index contributed by atoms with van der Waals surface area (Å²) in [7, 11) is 0. The molecule has 0 aliphatic carbocycles. The highest BCUT2D eigenvalue weighted by Crippen LogP contribution is 2.28. The van der Waals surface area contributed by atoms with Gasteiger partial charge < -0.3 is 35.4 Å². The number of hydrogen-bond donors (Lipinski definition) is 6. The molecule has 0 aromatic carbocycles. The maximum absolute atomic E-state index is 9.41. The van der Waals surface area contributed by atoms with Crippen LogP contribution >= 0.6 is 0 Å². The van der Waals surface area contributed by atoms with E-state index in [1.807, 2.05) is 0 Å². The van der Waals surface area contributed by atoms with Crippen molar-refractivity contribution in [1.29, 1.82) is 0 Å². The molecule has 0 amide bonds. The first-order chi connectivity index (χ1) is 6.48. The molecule has 0 aromatic rings. The number of rotatable bonds is 2. The van der Waals surface area contributed by atoms with Crippen molar-refractivity contribution in [3.8, 4) is 0 Å². The summed E-state index contributed by atoms with van der Waals surface area (Å²) in [5.41, 5.74) is -1.85. The van der Waals surface area contributed by atoms with Crippen molar-refractivity contribution < 1.29 is 35.4 Å². The Morgan fingerprint density at radius 2 is 1.43 bits per heavy atom. The highest BCUT2D eigenvalue weighted by Gasteiger charge is 2.52. The third-order valence-electron chi connectivity index (χ3n) is 2.40. The number of aliphatic hydroxyl groups excluding tert-OH is 6. The lowest BCUT2D eigenvalue weighted by Crippen LogP contribution is -2.67. The van der Waals surface area contributed by atoms with Crippen LogP contribution in [0.15, 0.2) is 0 Å². The fourth-order valence-corrected chi connectivity index (χ4v) is 1.36. The van der Waals surface area contributed by atoms with E-state index in [1.165, 1.54) is 0 Å². The Bertz CT molecular complexity index is 192. The molecule has 4 atom stereocenters. The topological polar surface area (TPSA) is 131 Å². The van der Waals surface area contributed by atoms with E-state index in [0.717, 1.165) is 0 Å². The van der Waals surface area contributed by atoms with Crippen molar-refractivity contribution in [2.45, 2.75) is 30.2 Å². The van der Waals surface area contributed by atoms with Crippen molar-refractivity contribution in [3.63, 3.8) is 0 Å². The molecule has 7 nitrogen and oxygen atoms in total. The molecule has 1 aliphatic rings. The van der Waals surface area contributed by atoms with Crippen molar-refractivity contribution in [2.24, 2.45) is 0 Å². The van der Waals surface area contributed by atoms with Gasteiger partial charge in [-0.1, -0.05) is 0 Å². The molecular formula is C7H14O7. The van der Waals surface area contributed by atoms with Crippen LogP contribution in [-0.2, 0) is 4.74 Å². The molecule has 14 heavy (non-hydrogen) atoms. The summed E-state index contributed by atoms with van der Waals surface area (Å²) in [6.45, 7) is -1.57. The first-order valence-electron chi connectivity index (χ1n) is 4.10. The van der Waals surface area contributed by atoms with Gasteiger partial charge >= 0.3 is 0 Å². The Hall–Kier alpha value is -0.280. The van der Waals surface area contributed by atoms with E-state index in [4.69, 9.17) is 20.4 Å². The van der Waals surface area contributed by atoms with E-state index in [-0.39, 0.29) is 0 Å². The molecule has 0 unspecified atom stereocenters. The van der Waals surface area contributed by atoms with Crippen LogP contribution in [0.5, 0.6) is 0 Å². The van der Waals surface area contributed by atoms with Crippen molar-refractivity contribution in [2.75, 3.05) is 13.2 Å². The molecular weight excluding hydrogens is 196 g/mol. The minimum absolute atomic E-state index is 0.786. The smallest absolute Gasteiger partial charge is 0.184 e. The van der Waals surface area contributed by atoms with Gasteiger partial charge in [-0.25, -0.2) is 0 Å². The van der Waals surface area contributed by atoms with Gasteiger partial charge in [-0.15, -0.1) is 0 Å². The highest BCUT2D eigenvalue weighted by molar-refractivity contribution is 4.99. The summed E-state index contributed by atoms with van der Waals surface area (Å²) in [5.74, 6) is 0. The van der Waals surface area contributed by atoms with Crippen LogP contribution in [0.4, 0.5) is 0 Å². The summed E-state index contributed by atoms with van der Waals surface area (Å²) in [5, 5.41) is 54.6. The Kier molecular flexibility index (Phi) is 3.43. The Labute approximate surface area is 79.8 Å². The average molecular weight is 210 g/mol. The first-order valence-corrected chi connectivity index (χ1v) is 4.10. The minimum Gasteiger partial charge on any atom is -0.393 e. The highest BCUT2D eigenvalue weighted by atomic mass is 16.7. The molecule has 1 rings (SSSR count). The third-order valence-corrected chi connectivity index (χ3v) is 2.40. The lowest BCUT2D eigenvalue weighted by atomic mass is 9.88. The molecule has 0 radical (unpaired) electrons. The lowest BCUT2D eigenvalue weighted by Gasteiger charge is -2.45. The van der Waals surface area contributed by atoms with Crippen molar-refractivity contribution in [3.05, 3.63) is 0 Å². The zero-order valence-corrected chi connectivity index (χ0v) is 7.32. The van der Waals surface area contributed by atoms with Gasteiger partial charge in [-0.05, 0) is 0 Å². The number of aliphatic hydroxyl groups is 6. The Balaban J connectivity index is 2.88. The van der Waals surface area contributed by atoms with Gasteiger partial charge in [0.1, 0.15) is 23.9 Å². The van der Waals surface area contributed by atoms with E-state index >= 15 is 0 Å². The summed E-state index contributed by atoms with van der Waals surface area (Å²) >= 11 is 0. The van der Waals surface area contributed by atoms with Crippen molar-refractivity contribution in [1.82, 2.24) is 0 Å². The molecule has 0 saturated carbocycles. The average Bonchev–Trinajstić information content (AvgIpc) is 2.21. The molecule has 1 aliphatic heterocycles. The second kappa shape index (κ2) is 4.07. The largest absolute Gasteiger partial charge is 0.393 e. The number of ether oxygens (including phenoxy) is 1. The molecule has 1 fully saturated rings. The summed E-state index contributed by atoms with van der Waals surface area (Å²) in [6.07, 6.45) is -6.78. The molecule has 0 spiro atoms. The fraction of sp³-hybridized carbons (Fsp3) is 1.00. The Morgan fingerprint density at radius 1 is 0.929 bits per heavy atom. The van der Waals surface area contributed by atoms with Gasteiger partial charge in [0, 0.05) is 0 Å². The maximum atomic E-state index is 9.41. The van der Waals surface area contributed by atoms with Crippen LogP contribution in [0.3, 0.4) is 0 Å². The van der Waals surface area contributed by atoms with Crippen LogP contribution in [0.2, 0.25) is 0 Å². The minimum atomic E-state index is -1.85. The molecule has 0 aromatic heterocycles. The monoisotopic (exact) mass is 210 g/mol. The van der Waals surface area contributed by atoms with Crippen molar-refractivity contribution >= 4 is 0 Å². The SMILES string of the molecule is OCC1(CO)O[C@H](O)[C@H](O)[C@@H](O)[C@@H]1O. The predicted molar refractivity (Wildman–Crippen MR) is 42.0 cm³/mol.